The Labute approximate surface area is 173 Å². The summed E-state index contributed by atoms with van der Waals surface area (Å²) in [5.41, 5.74) is -0.351. The number of ketones is 1. The first-order valence-electron chi connectivity index (χ1n) is 8.67. The molecule has 0 saturated heterocycles. The fourth-order valence-electron chi connectivity index (χ4n) is 2.83. The van der Waals surface area contributed by atoms with E-state index in [9.17, 15) is 31.9 Å². The Morgan fingerprint density at radius 1 is 1.17 bits per heavy atom. The Kier molecular flexibility index (Phi) is 7.76. The largest absolute Gasteiger partial charge is 0.503 e. The van der Waals surface area contributed by atoms with Crippen LogP contribution in [0, 0.1) is 23.0 Å². The molecule has 2 N–H and O–H groups in total. The van der Waals surface area contributed by atoms with Crippen molar-refractivity contribution >= 4 is 17.4 Å². The molecule has 2 rings (SSSR count). The van der Waals surface area contributed by atoms with Gasteiger partial charge in [0.2, 0.25) is 0 Å². The van der Waals surface area contributed by atoms with E-state index in [-0.39, 0.29) is 29.0 Å². The van der Waals surface area contributed by atoms with Gasteiger partial charge in [0.25, 0.3) is 0 Å². The molecule has 2 aromatic rings. The van der Waals surface area contributed by atoms with E-state index in [1.165, 1.54) is 12.1 Å². The molecule has 0 saturated carbocycles. The number of hydrogen-bond acceptors (Lipinski definition) is 4. The van der Waals surface area contributed by atoms with Crippen molar-refractivity contribution < 1.29 is 31.9 Å². The maximum Gasteiger partial charge on any atom is 0.407 e. The molecule has 2 atom stereocenters. The molecule has 0 aromatic heterocycles. The minimum absolute atomic E-state index is 0.136. The third kappa shape index (κ3) is 6.15. The van der Waals surface area contributed by atoms with Crippen LogP contribution in [0.25, 0.3) is 0 Å². The van der Waals surface area contributed by atoms with Crippen molar-refractivity contribution in [3.05, 3.63) is 64.2 Å². The van der Waals surface area contributed by atoms with E-state index < -0.39 is 47.8 Å². The molecule has 0 bridgehead atoms. The maximum absolute atomic E-state index is 13.7. The number of phenols is 1. The summed E-state index contributed by atoms with van der Waals surface area (Å²) in [6.45, 7) is 0. The van der Waals surface area contributed by atoms with Crippen LogP contribution in [0.2, 0.25) is 5.02 Å². The summed E-state index contributed by atoms with van der Waals surface area (Å²) >= 11 is 5.72. The third-order valence-electron chi connectivity index (χ3n) is 4.29. The number of carbonyl (C=O) groups is 1. The number of hydrogen-bond donors (Lipinski definition) is 2. The van der Waals surface area contributed by atoms with Crippen LogP contribution in [0.15, 0.2) is 36.4 Å². The summed E-state index contributed by atoms with van der Waals surface area (Å²) in [4.78, 5) is 12.5. The minimum atomic E-state index is -4.80. The second kappa shape index (κ2) is 9.87. The van der Waals surface area contributed by atoms with E-state index in [1.807, 2.05) is 0 Å². The van der Waals surface area contributed by atoms with Gasteiger partial charge in [0, 0.05) is 17.9 Å². The van der Waals surface area contributed by atoms with Crippen molar-refractivity contribution in [2.24, 2.45) is 0 Å². The predicted octanol–water partition coefficient (Wildman–Crippen LogP) is 5.00. The zero-order valence-electron chi connectivity index (χ0n) is 15.3. The average molecular weight is 447 g/mol. The third-order valence-corrected chi connectivity index (χ3v) is 4.54. The van der Waals surface area contributed by atoms with E-state index in [1.54, 1.807) is 6.07 Å². The van der Waals surface area contributed by atoms with Gasteiger partial charge in [-0.1, -0.05) is 23.7 Å². The molecule has 30 heavy (non-hydrogen) atoms. The maximum atomic E-state index is 13.7. The van der Waals surface area contributed by atoms with Crippen LogP contribution in [0.4, 0.5) is 22.0 Å². The fourth-order valence-corrected chi connectivity index (χ4v) is 2.95. The number of alkyl halides is 3. The lowest BCUT2D eigenvalue weighted by Crippen LogP contribution is -2.46. The lowest BCUT2D eigenvalue weighted by molar-refractivity contribution is -0.160. The number of benzene rings is 2. The van der Waals surface area contributed by atoms with Gasteiger partial charge >= 0.3 is 6.18 Å². The molecule has 0 aliphatic rings. The van der Waals surface area contributed by atoms with Crippen molar-refractivity contribution in [3.63, 3.8) is 0 Å². The molecule has 0 aliphatic carbocycles. The highest BCUT2D eigenvalue weighted by Crippen LogP contribution is 2.34. The topological polar surface area (TPSA) is 73.1 Å². The fraction of sp³-hybridized carbons (Fsp3) is 0.300. The van der Waals surface area contributed by atoms with Crippen LogP contribution >= 0.6 is 11.6 Å². The molecule has 160 valence electrons. The van der Waals surface area contributed by atoms with Crippen LogP contribution in [0.3, 0.4) is 0 Å². The highest BCUT2D eigenvalue weighted by atomic mass is 35.5. The van der Waals surface area contributed by atoms with Crippen LogP contribution in [-0.2, 0) is 11.2 Å². The zero-order valence-corrected chi connectivity index (χ0v) is 16.1. The number of rotatable bonds is 8. The van der Waals surface area contributed by atoms with Crippen molar-refractivity contribution in [1.82, 2.24) is 5.32 Å². The van der Waals surface area contributed by atoms with Gasteiger partial charge in [-0.3, -0.25) is 10.1 Å². The number of aromatic hydroxyl groups is 1. The highest BCUT2D eigenvalue weighted by molar-refractivity contribution is 6.30. The molecule has 0 radical (unpaired) electrons. The second-order valence-corrected chi connectivity index (χ2v) is 6.92. The van der Waals surface area contributed by atoms with Crippen LogP contribution in [-0.4, -0.2) is 23.1 Å². The number of Topliss-reactive ketones (excluding diaryl/α,β-unsaturated/α-hetero) is 1. The molecule has 10 heteroatoms. The van der Waals surface area contributed by atoms with Crippen molar-refractivity contribution in [3.8, 4) is 11.8 Å². The summed E-state index contributed by atoms with van der Waals surface area (Å²) in [6.07, 6.45) is -5.86. The molecular weight excluding hydrogens is 431 g/mol. The first-order chi connectivity index (χ1) is 14.0. The van der Waals surface area contributed by atoms with Gasteiger partial charge in [0.1, 0.15) is 6.04 Å². The van der Waals surface area contributed by atoms with Crippen LogP contribution in [0.5, 0.6) is 5.75 Å². The molecule has 0 aliphatic heterocycles. The first kappa shape index (κ1) is 23.6. The summed E-state index contributed by atoms with van der Waals surface area (Å²) in [5, 5.41) is 20.3. The quantitative estimate of drug-likeness (QED) is 0.560. The lowest BCUT2D eigenvalue weighted by Gasteiger charge is -2.27. The number of nitrogens with zero attached hydrogens (tertiary/aromatic N) is 1. The minimum Gasteiger partial charge on any atom is -0.503 e. The Balaban J connectivity index is 2.38. The van der Waals surface area contributed by atoms with E-state index in [4.69, 9.17) is 16.9 Å². The highest BCUT2D eigenvalue weighted by Gasteiger charge is 2.42. The van der Waals surface area contributed by atoms with Crippen molar-refractivity contribution in [1.29, 1.82) is 5.26 Å². The number of nitrogens with one attached hydrogen (secondary N) is 1. The summed E-state index contributed by atoms with van der Waals surface area (Å²) in [5.74, 6) is -4.57. The Morgan fingerprint density at radius 2 is 1.73 bits per heavy atom. The second-order valence-electron chi connectivity index (χ2n) is 6.48. The molecule has 0 heterocycles. The Bertz CT molecular complexity index is 919. The van der Waals surface area contributed by atoms with Gasteiger partial charge in [0.15, 0.2) is 23.2 Å². The molecule has 4 nitrogen and oxygen atoms in total. The average Bonchev–Trinajstić information content (AvgIpc) is 2.67. The smallest absolute Gasteiger partial charge is 0.407 e. The summed E-state index contributed by atoms with van der Waals surface area (Å²) in [7, 11) is 0. The molecule has 0 fully saturated rings. The molecular formula is C20H16ClF5N2O2. The summed E-state index contributed by atoms with van der Waals surface area (Å²) in [6, 6.07) is 4.23. The van der Waals surface area contributed by atoms with Gasteiger partial charge < -0.3 is 5.11 Å². The van der Waals surface area contributed by atoms with E-state index in [0.29, 0.717) is 0 Å². The van der Waals surface area contributed by atoms with E-state index >= 15 is 0 Å². The first-order valence-corrected chi connectivity index (χ1v) is 9.05. The summed E-state index contributed by atoms with van der Waals surface area (Å²) < 4.78 is 68.3. The monoisotopic (exact) mass is 446 g/mol. The molecule has 0 amide bonds. The van der Waals surface area contributed by atoms with Gasteiger partial charge in [-0.2, -0.15) is 18.4 Å². The lowest BCUT2D eigenvalue weighted by atomic mass is 9.96. The van der Waals surface area contributed by atoms with Gasteiger partial charge in [-0.15, -0.1) is 0 Å². The van der Waals surface area contributed by atoms with Gasteiger partial charge in [-0.25, -0.2) is 8.78 Å². The molecule has 0 spiro atoms. The van der Waals surface area contributed by atoms with Crippen LogP contribution in [0.1, 0.15) is 30.0 Å². The Hall–Kier alpha value is -2.70. The van der Waals surface area contributed by atoms with Crippen molar-refractivity contribution in [2.45, 2.75) is 37.5 Å². The van der Waals surface area contributed by atoms with Gasteiger partial charge in [-0.05, 0) is 41.8 Å². The number of carbonyl (C=O) groups excluding carboxylic acids is 1. The zero-order chi connectivity index (χ0) is 22.5. The normalized spacial score (nSPS) is 13.5. The standard InChI is InChI=1S/C20H16ClF5N2O2/c21-13-5-3-12(4-6-13)19(20(24,25)26)28-16(17(29)2-1-7-27)10-11-8-14(22)18(30)15(23)9-11/h3-6,8-9,16,19,28,30H,1-2,10H2/t16-,19-/m0/s1. The van der Waals surface area contributed by atoms with E-state index in [2.05, 4.69) is 5.32 Å². The molecule has 0 unspecified atom stereocenters. The van der Waals surface area contributed by atoms with Crippen LogP contribution < -0.4 is 5.32 Å². The van der Waals surface area contributed by atoms with Crippen molar-refractivity contribution in [2.75, 3.05) is 0 Å². The number of halogens is 6. The van der Waals surface area contributed by atoms with E-state index in [0.717, 1.165) is 24.3 Å². The predicted molar refractivity (Wildman–Crippen MR) is 98.8 cm³/mol. The Morgan fingerprint density at radius 3 is 2.23 bits per heavy atom. The number of nitriles is 1. The SMILES string of the molecule is N#CCCC(=O)[C@H](Cc1cc(F)c(O)c(F)c1)N[C@@H](c1ccc(Cl)cc1)C(F)(F)F. The molecule has 2 aromatic carbocycles. The number of phenolic OH excluding ortho intramolecular Hbond substituents is 1. The van der Waals surface area contributed by atoms with Gasteiger partial charge in [0.05, 0.1) is 12.1 Å².